The van der Waals surface area contributed by atoms with Crippen LogP contribution in [0.15, 0.2) is 48.5 Å². The number of aryl methyl sites for hydroxylation is 2. The van der Waals surface area contributed by atoms with Gasteiger partial charge in [-0.3, -0.25) is 9.59 Å². The van der Waals surface area contributed by atoms with Crippen molar-refractivity contribution in [1.29, 1.82) is 0 Å². The normalized spacial score (nSPS) is 15.0. The van der Waals surface area contributed by atoms with Gasteiger partial charge in [-0.25, -0.2) is 0 Å². The molecular weight excluding hydrogens is 396 g/mol. The average Bonchev–Trinajstić information content (AvgIpc) is 3.29. The number of hydrogen-bond donors (Lipinski definition) is 1. The largest absolute Gasteiger partial charge is 0.352 e. The maximum Gasteiger partial charge on any atom is 0.242 e. The molecule has 2 amide bonds. The fourth-order valence-electron chi connectivity index (χ4n) is 4.41. The van der Waals surface area contributed by atoms with Crippen molar-refractivity contribution in [2.45, 2.75) is 90.8 Å². The minimum absolute atomic E-state index is 0.0234. The van der Waals surface area contributed by atoms with Crippen LogP contribution in [0.25, 0.3) is 0 Å². The van der Waals surface area contributed by atoms with Crippen LogP contribution < -0.4 is 5.32 Å². The number of carbonyl (C=O) groups excluding carboxylic acids is 2. The summed E-state index contributed by atoms with van der Waals surface area (Å²) in [5, 5.41) is 3.17. The Morgan fingerprint density at radius 2 is 1.66 bits per heavy atom. The second kappa shape index (κ2) is 11.3. The molecule has 2 aromatic rings. The van der Waals surface area contributed by atoms with Crippen molar-refractivity contribution in [3.8, 4) is 0 Å². The first-order chi connectivity index (χ1) is 15.3. The van der Waals surface area contributed by atoms with Crippen LogP contribution in [0.3, 0.4) is 0 Å². The lowest BCUT2D eigenvalue weighted by molar-refractivity contribution is -0.140. The molecule has 0 bridgehead atoms. The molecule has 3 rings (SSSR count). The zero-order valence-corrected chi connectivity index (χ0v) is 20.1. The summed E-state index contributed by atoms with van der Waals surface area (Å²) >= 11 is 0. The quantitative estimate of drug-likeness (QED) is 0.564. The third-order valence-electron chi connectivity index (χ3n) is 6.74. The van der Waals surface area contributed by atoms with Crippen LogP contribution in [-0.2, 0) is 22.6 Å². The van der Waals surface area contributed by atoms with E-state index in [0.29, 0.717) is 25.3 Å². The third-order valence-corrected chi connectivity index (χ3v) is 6.74. The molecule has 1 fully saturated rings. The zero-order chi connectivity index (χ0) is 23.1. The van der Waals surface area contributed by atoms with Gasteiger partial charge in [0.2, 0.25) is 11.8 Å². The van der Waals surface area contributed by atoms with Crippen LogP contribution in [0.4, 0.5) is 0 Å². The Morgan fingerprint density at radius 1 is 1.00 bits per heavy atom. The molecule has 1 N–H and O–H groups in total. The molecule has 2 aromatic carbocycles. The number of rotatable bonds is 9. The number of nitrogens with one attached hydrogen (secondary N) is 1. The molecule has 0 radical (unpaired) electrons. The van der Waals surface area contributed by atoms with Crippen LogP contribution in [0.1, 0.15) is 81.0 Å². The molecule has 1 aliphatic rings. The molecule has 4 heteroatoms. The monoisotopic (exact) mass is 434 g/mol. The lowest BCUT2D eigenvalue weighted by atomic mass is 10.00. The van der Waals surface area contributed by atoms with Crippen molar-refractivity contribution in [1.82, 2.24) is 10.2 Å². The Kier molecular flexibility index (Phi) is 8.49. The lowest BCUT2D eigenvalue weighted by Crippen LogP contribution is -2.49. The van der Waals surface area contributed by atoms with Gasteiger partial charge in [-0.05, 0) is 61.3 Å². The second-order valence-electron chi connectivity index (χ2n) is 9.51. The van der Waals surface area contributed by atoms with Gasteiger partial charge in [-0.1, -0.05) is 75.2 Å². The summed E-state index contributed by atoms with van der Waals surface area (Å²) in [5.74, 6) is 0.477. The van der Waals surface area contributed by atoms with Gasteiger partial charge in [0.05, 0.1) is 0 Å². The molecule has 0 spiro atoms. The molecule has 4 nitrogen and oxygen atoms in total. The van der Waals surface area contributed by atoms with E-state index in [9.17, 15) is 9.59 Å². The topological polar surface area (TPSA) is 49.4 Å². The molecule has 0 aliphatic heterocycles. The number of carbonyl (C=O) groups is 2. The first-order valence-corrected chi connectivity index (χ1v) is 12.1. The number of amides is 2. The fourth-order valence-corrected chi connectivity index (χ4v) is 4.41. The van der Waals surface area contributed by atoms with Crippen LogP contribution >= 0.6 is 0 Å². The predicted molar refractivity (Wildman–Crippen MR) is 130 cm³/mol. The molecule has 1 aliphatic carbocycles. The van der Waals surface area contributed by atoms with Gasteiger partial charge in [-0.2, -0.15) is 0 Å². The summed E-state index contributed by atoms with van der Waals surface area (Å²) in [6, 6.07) is 16.4. The maximum absolute atomic E-state index is 13.3. The predicted octanol–water partition coefficient (Wildman–Crippen LogP) is 5.53. The van der Waals surface area contributed by atoms with Crippen LogP contribution in [0.2, 0.25) is 0 Å². The average molecular weight is 435 g/mol. The van der Waals surface area contributed by atoms with Crippen LogP contribution in [0, 0.1) is 6.92 Å². The summed E-state index contributed by atoms with van der Waals surface area (Å²) in [6.45, 7) is 8.73. The summed E-state index contributed by atoms with van der Waals surface area (Å²) in [5.41, 5.74) is 4.68. The Hall–Kier alpha value is -2.62. The van der Waals surface area contributed by atoms with Crippen LogP contribution in [-0.4, -0.2) is 28.8 Å². The lowest BCUT2D eigenvalue weighted by Gasteiger charge is -2.30. The van der Waals surface area contributed by atoms with E-state index in [4.69, 9.17) is 0 Å². The second-order valence-corrected chi connectivity index (χ2v) is 9.51. The van der Waals surface area contributed by atoms with Gasteiger partial charge in [0.15, 0.2) is 0 Å². The summed E-state index contributed by atoms with van der Waals surface area (Å²) in [4.78, 5) is 28.1. The Bertz CT molecular complexity index is 898. The van der Waals surface area contributed by atoms with Crippen molar-refractivity contribution in [3.05, 3.63) is 70.8 Å². The van der Waals surface area contributed by atoms with Crippen molar-refractivity contribution >= 4 is 11.8 Å². The first-order valence-electron chi connectivity index (χ1n) is 12.1. The SMILES string of the molecule is Cc1ccccc1CN(C(=O)CCc1ccc(C(C)C)cc1)C(C)C(=O)NC1CCCC1. The first kappa shape index (κ1) is 24.0. The number of nitrogens with zero attached hydrogens (tertiary/aromatic N) is 1. The Morgan fingerprint density at radius 3 is 2.28 bits per heavy atom. The van der Waals surface area contributed by atoms with Crippen molar-refractivity contribution in [2.24, 2.45) is 0 Å². The highest BCUT2D eigenvalue weighted by atomic mass is 16.2. The molecule has 1 unspecified atom stereocenters. The van der Waals surface area contributed by atoms with E-state index in [1.54, 1.807) is 4.90 Å². The van der Waals surface area contributed by atoms with Gasteiger partial charge in [0.1, 0.15) is 6.04 Å². The molecule has 1 atom stereocenters. The van der Waals surface area contributed by atoms with Crippen molar-refractivity contribution < 1.29 is 9.59 Å². The molecular formula is C28H38N2O2. The number of benzene rings is 2. The van der Waals surface area contributed by atoms with E-state index in [-0.39, 0.29) is 17.9 Å². The van der Waals surface area contributed by atoms with Crippen molar-refractivity contribution in [2.75, 3.05) is 0 Å². The summed E-state index contributed by atoms with van der Waals surface area (Å²) < 4.78 is 0. The van der Waals surface area contributed by atoms with E-state index in [0.717, 1.165) is 29.5 Å². The minimum atomic E-state index is -0.494. The highest BCUT2D eigenvalue weighted by molar-refractivity contribution is 5.87. The Labute approximate surface area is 193 Å². The summed E-state index contributed by atoms with van der Waals surface area (Å²) in [6.07, 6.45) is 5.49. The van der Waals surface area contributed by atoms with Gasteiger partial charge < -0.3 is 10.2 Å². The molecule has 0 heterocycles. The van der Waals surface area contributed by atoms with Crippen molar-refractivity contribution in [3.63, 3.8) is 0 Å². The van der Waals surface area contributed by atoms with E-state index >= 15 is 0 Å². The van der Waals surface area contributed by atoms with E-state index in [1.807, 2.05) is 25.1 Å². The minimum Gasteiger partial charge on any atom is -0.352 e. The molecule has 0 aromatic heterocycles. The highest BCUT2D eigenvalue weighted by Gasteiger charge is 2.28. The smallest absolute Gasteiger partial charge is 0.242 e. The molecule has 172 valence electrons. The van der Waals surface area contributed by atoms with Gasteiger partial charge in [0.25, 0.3) is 0 Å². The highest BCUT2D eigenvalue weighted by Crippen LogP contribution is 2.20. The van der Waals surface area contributed by atoms with E-state index < -0.39 is 6.04 Å². The fraction of sp³-hybridized carbons (Fsp3) is 0.500. The maximum atomic E-state index is 13.3. The molecule has 1 saturated carbocycles. The zero-order valence-electron chi connectivity index (χ0n) is 20.1. The van der Waals surface area contributed by atoms with E-state index in [1.165, 1.54) is 18.4 Å². The van der Waals surface area contributed by atoms with Crippen LogP contribution in [0.5, 0.6) is 0 Å². The van der Waals surface area contributed by atoms with Gasteiger partial charge >= 0.3 is 0 Å². The number of hydrogen-bond acceptors (Lipinski definition) is 2. The van der Waals surface area contributed by atoms with E-state index in [2.05, 4.69) is 56.4 Å². The third kappa shape index (κ3) is 6.44. The molecule has 0 saturated heterocycles. The Balaban J connectivity index is 1.70. The van der Waals surface area contributed by atoms with Gasteiger partial charge in [0, 0.05) is 19.0 Å². The standard InChI is InChI=1S/C28H38N2O2/c1-20(2)24-16-13-23(14-17-24)15-18-27(31)30(19-25-10-6-5-9-21(25)3)22(4)28(32)29-26-11-7-8-12-26/h5-6,9-10,13-14,16-17,20,22,26H,7-8,11-12,15,18-19H2,1-4H3,(H,29,32). The summed E-state index contributed by atoms with van der Waals surface area (Å²) in [7, 11) is 0. The van der Waals surface area contributed by atoms with Gasteiger partial charge in [-0.15, -0.1) is 0 Å². The molecule has 32 heavy (non-hydrogen) atoms.